The molecule has 2 aliphatic heterocycles. The molecule has 0 saturated carbocycles. The molecule has 0 unspecified atom stereocenters. The van der Waals surface area contributed by atoms with Crippen LogP contribution in [0.25, 0.3) is 0 Å². The van der Waals surface area contributed by atoms with Crippen LogP contribution < -0.4 is 4.74 Å². The number of methoxy groups -OCH3 is 1. The minimum Gasteiger partial charge on any atom is -0.496 e. The molecule has 222 valence electrons. The molecular weight excluding hydrogens is 585 g/mol. The molecule has 2 fully saturated rings. The molecule has 2 amide bonds. The normalized spacial score (nSPS) is 20.2. The molecule has 0 bridgehead atoms. The first-order chi connectivity index (χ1) is 19.3. The van der Waals surface area contributed by atoms with Crippen LogP contribution in [0.5, 0.6) is 5.75 Å². The number of nitrogens with zero attached hydrogens (tertiary/aromatic N) is 3. The highest BCUT2D eigenvalue weighted by Crippen LogP contribution is 2.39. The molecule has 2 heterocycles. The van der Waals surface area contributed by atoms with E-state index in [1.807, 2.05) is 4.90 Å². The number of rotatable bonds is 7. The highest BCUT2D eigenvalue weighted by molar-refractivity contribution is 6.42. The van der Waals surface area contributed by atoms with E-state index >= 15 is 0 Å². The molecule has 12 heteroatoms. The summed E-state index contributed by atoms with van der Waals surface area (Å²) in [5.41, 5.74) is -0.451. The van der Waals surface area contributed by atoms with Crippen molar-refractivity contribution in [2.45, 2.75) is 31.0 Å². The largest absolute Gasteiger partial charge is 0.496 e. The Morgan fingerprint density at radius 3 is 2.34 bits per heavy atom. The fourth-order valence-electron chi connectivity index (χ4n) is 5.69. The van der Waals surface area contributed by atoms with Gasteiger partial charge in [0.2, 0.25) is 5.91 Å². The van der Waals surface area contributed by atoms with Crippen molar-refractivity contribution in [2.75, 3.05) is 46.9 Å². The summed E-state index contributed by atoms with van der Waals surface area (Å²) in [7, 11) is 2.65. The van der Waals surface area contributed by atoms with E-state index in [0.29, 0.717) is 36.0 Å². The average Bonchev–Trinajstić information content (AvgIpc) is 3.38. The molecule has 2 aromatic carbocycles. The Hall–Kier alpha value is -2.82. The van der Waals surface area contributed by atoms with Crippen LogP contribution in [0.15, 0.2) is 48.8 Å². The summed E-state index contributed by atoms with van der Waals surface area (Å²) >= 11 is 12.4. The first kappa shape index (κ1) is 31.1. The Labute approximate surface area is 246 Å². The molecule has 0 spiro atoms. The van der Waals surface area contributed by atoms with Gasteiger partial charge in [-0.15, -0.1) is 0 Å². The van der Waals surface area contributed by atoms with E-state index < -0.39 is 29.5 Å². The van der Waals surface area contributed by atoms with Gasteiger partial charge in [-0.05, 0) is 61.8 Å². The summed E-state index contributed by atoms with van der Waals surface area (Å²) in [6.07, 6.45) is -3.59. The summed E-state index contributed by atoms with van der Waals surface area (Å²) in [5.74, 6) is -2.12. The van der Waals surface area contributed by atoms with Gasteiger partial charge < -0.3 is 14.5 Å². The van der Waals surface area contributed by atoms with E-state index in [9.17, 15) is 27.2 Å². The van der Waals surface area contributed by atoms with Gasteiger partial charge in [0.05, 0.1) is 28.8 Å². The number of likely N-dealkylation sites (tertiary alicyclic amines) is 2. The number of amides is 2. The standard InChI is InChI=1S/C29H31Cl2F4N3O3/c1-17(32)14-37-10-8-18(9-11-37)28(40)38-15-21(19-4-6-23(30)24(31)13-19)25(16-38)36(2)27(39)20-5-7-26(41-3)22(12-20)29(33,34)35/h4-7,12-13,18,21,25H,1,8-11,14-16H2,2-3H3/t21-,25+/m0/s1. The van der Waals surface area contributed by atoms with Crippen LogP contribution in [-0.4, -0.2) is 79.4 Å². The third-order valence-corrected chi connectivity index (χ3v) is 8.61. The Balaban J connectivity index is 1.59. The monoisotopic (exact) mass is 615 g/mol. The number of hydrogen-bond acceptors (Lipinski definition) is 4. The molecule has 0 aliphatic carbocycles. The number of alkyl halides is 3. The van der Waals surface area contributed by atoms with Gasteiger partial charge in [-0.2, -0.15) is 13.2 Å². The van der Waals surface area contributed by atoms with E-state index in [2.05, 4.69) is 6.58 Å². The average molecular weight is 616 g/mol. The molecule has 0 radical (unpaired) electrons. The minimum atomic E-state index is -4.72. The molecule has 4 rings (SSSR count). The predicted octanol–water partition coefficient (Wildman–Crippen LogP) is 6.28. The molecule has 2 aromatic rings. The lowest BCUT2D eigenvalue weighted by atomic mass is 9.93. The summed E-state index contributed by atoms with van der Waals surface area (Å²) in [6.45, 7) is 5.04. The number of hydrogen-bond donors (Lipinski definition) is 0. The van der Waals surface area contributed by atoms with Crippen LogP contribution in [-0.2, 0) is 11.0 Å². The Bertz CT molecular complexity index is 1310. The van der Waals surface area contributed by atoms with Gasteiger partial charge in [0.25, 0.3) is 5.91 Å². The molecule has 2 atom stereocenters. The summed E-state index contributed by atoms with van der Waals surface area (Å²) in [6, 6.07) is 7.74. The second-order valence-corrected chi connectivity index (χ2v) is 11.3. The number of carbonyl (C=O) groups is 2. The maximum Gasteiger partial charge on any atom is 0.419 e. The second kappa shape index (κ2) is 12.6. The third kappa shape index (κ3) is 6.98. The zero-order chi connectivity index (χ0) is 30.1. The molecule has 2 saturated heterocycles. The van der Waals surface area contributed by atoms with Crippen LogP contribution in [0, 0.1) is 5.92 Å². The fourth-order valence-corrected chi connectivity index (χ4v) is 5.99. The zero-order valence-electron chi connectivity index (χ0n) is 22.7. The van der Waals surface area contributed by atoms with Gasteiger partial charge >= 0.3 is 6.18 Å². The number of piperidine rings is 1. The Morgan fingerprint density at radius 2 is 1.76 bits per heavy atom. The van der Waals surface area contributed by atoms with Crippen molar-refractivity contribution in [2.24, 2.45) is 5.92 Å². The number of benzene rings is 2. The van der Waals surface area contributed by atoms with E-state index in [1.54, 1.807) is 23.1 Å². The number of halogens is 6. The minimum absolute atomic E-state index is 0.0686. The van der Waals surface area contributed by atoms with Crippen LogP contribution >= 0.6 is 23.2 Å². The topological polar surface area (TPSA) is 53.1 Å². The van der Waals surface area contributed by atoms with Gasteiger partial charge in [-0.3, -0.25) is 14.5 Å². The SMILES string of the molecule is C=C(F)CN1CCC(C(=O)N2C[C@@H](N(C)C(=O)c3ccc(OC)c(C(F)(F)F)c3)[C@H](c3ccc(Cl)c(Cl)c3)C2)CC1. The van der Waals surface area contributed by atoms with E-state index in [0.717, 1.165) is 24.8 Å². The molecular formula is C29H31Cl2F4N3O3. The molecule has 0 aromatic heterocycles. The van der Waals surface area contributed by atoms with Crippen molar-refractivity contribution in [3.63, 3.8) is 0 Å². The van der Waals surface area contributed by atoms with E-state index in [-0.39, 0.29) is 48.7 Å². The number of carbonyl (C=O) groups excluding carboxylic acids is 2. The quantitative estimate of drug-likeness (QED) is 0.344. The van der Waals surface area contributed by atoms with Gasteiger partial charge in [0.1, 0.15) is 11.6 Å². The van der Waals surface area contributed by atoms with Gasteiger partial charge in [0.15, 0.2) is 0 Å². The highest BCUT2D eigenvalue weighted by atomic mass is 35.5. The summed E-state index contributed by atoms with van der Waals surface area (Å²) < 4.78 is 59.0. The maximum absolute atomic E-state index is 13.6. The highest BCUT2D eigenvalue weighted by Gasteiger charge is 2.43. The van der Waals surface area contributed by atoms with Crippen LogP contribution in [0.4, 0.5) is 17.6 Å². The van der Waals surface area contributed by atoms with Crippen molar-refractivity contribution in [3.05, 3.63) is 75.5 Å². The first-order valence-corrected chi connectivity index (χ1v) is 13.9. The summed E-state index contributed by atoms with van der Waals surface area (Å²) in [4.78, 5) is 32.1. The molecule has 0 N–H and O–H groups in total. The van der Waals surface area contributed by atoms with Crippen molar-refractivity contribution < 1.29 is 31.9 Å². The van der Waals surface area contributed by atoms with Gasteiger partial charge in [0, 0.05) is 44.1 Å². The second-order valence-electron chi connectivity index (χ2n) is 10.5. The van der Waals surface area contributed by atoms with Crippen molar-refractivity contribution in [1.29, 1.82) is 0 Å². The van der Waals surface area contributed by atoms with Crippen molar-refractivity contribution >= 4 is 35.0 Å². The lowest BCUT2D eigenvalue weighted by Crippen LogP contribution is -2.44. The van der Waals surface area contributed by atoms with Crippen LogP contribution in [0.1, 0.15) is 40.2 Å². The lowest BCUT2D eigenvalue weighted by molar-refractivity contribution is -0.139. The Kier molecular flexibility index (Phi) is 9.56. The Morgan fingerprint density at radius 1 is 1.07 bits per heavy atom. The molecule has 2 aliphatic rings. The number of ether oxygens (including phenoxy) is 1. The van der Waals surface area contributed by atoms with Crippen molar-refractivity contribution in [1.82, 2.24) is 14.7 Å². The zero-order valence-corrected chi connectivity index (χ0v) is 24.2. The molecule has 41 heavy (non-hydrogen) atoms. The third-order valence-electron chi connectivity index (χ3n) is 7.87. The van der Waals surface area contributed by atoms with Crippen molar-refractivity contribution in [3.8, 4) is 5.75 Å². The smallest absolute Gasteiger partial charge is 0.419 e. The maximum atomic E-state index is 13.6. The lowest BCUT2D eigenvalue weighted by Gasteiger charge is -2.33. The molecule has 6 nitrogen and oxygen atoms in total. The first-order valence-electron chi connectivity index (χ1n) is 13.1. The van der Waals surface area contributed by atoms with E-state index in [4.69, 9.17) is 27.9 Å². The van der Waals surface area contributed by atoms with E-state index in [1.165, 1.54) is 18.0 Å². The van der Waals surface area contributed by atoms with Gasteiger partial charge in [-0.1, -0.05) is 35.8 Å². The number of likely N-dealkylation sites (N-methyl/N-ethyl adjacent to an activating group) is 1. The van der Waals surface area contributed by atoms with Gasteiger partial charge in [-0.25, -0.2) is 4.39 Å². The van der Waals surface area contributed by atoms with Crippen LogP contribution in [0.3, 0.4) is 0 Å². The fraction of sp³-hybridized carbons (Fsp3) is 0.448. The summed E-state index contributed by atoms with van der Waals surface area (Å²) in [5, 5.41) is 0.663. The van der Waals surface area contributed by atoms with Crippen LogP contribution in [0.2, 0.25) is 10.0 Å². The predicted molar refractivity (Wildman–Crippen MR) is 149 cm³/mol.